The highest BCUT2D eigenvalue weighted by molar-refractivity contribution is 5.79. The molecule has 0 amide bonds. The number of guanidine groups is 1. The monoisotopic (exact) mass is 226 g/mol. The van der Waals surface area contributed by atoms with E-state index in [-0.39, 0.29) is 0 Å². The van der Waals surface area contributed by atoms with Crippen molar-refractivity contribution in [1.29, 1.82) is 0 Å². The molecule has 0 bridgehead atoms. The number of aliphatic imine (C=N–C) groups is 1. The molecule has 4 heteroatoms. The summed E-state index contributed by atoms with van der Waals surface area (Å²) >= 11 is 0. The van der Waals surface area contributed by atoms with E-state index in [4.69, 9.17) is 5.84 Å². The second kappa shape index (κ2) is 7.49. The fraction of sp³-hybridized carbons (Fsp3) is 0.917. The largest absolute Gasteiger partial charge is 0.355 e. The highest BCUT2D eigenvalue weighted by atomic mass is 15.3. The lowest BCUT2D eigenvalue weighted by molar-refractivity contribution is 0.498. The van der Waals surface area contributed by atoms with Gasteiger partial charge in [0.2, 0.25) is 5.96 Å². The second-order valence-electron chi connectivity index (χ2n) is 5.09. The summed E-state index contributed by atoms with van der Waals surface area (Å²) in [6.07, 6.45) is 6.86. The molecule has 94 valence electrons. The molecule has 4 N–H and O–H groups in total. The first-order chi connectivity index (χ1) is 7.72. The van der Waals surface area contributed by atoms with Gasteiger partial charge in [0, 0.05) is 13.1 Å². The standard InChI is InChI=1S/C12H26N4/c1-10(2)9-15-12(16-13)14-8-7-11-5-3-4-6-11/h10-11H,3-9,13H2,1-2H3,(H2,14,15,16). The summed E-state index contributed by atoms with van der Waals surface area (Å²) in [5.41, 5.74) is 2.62. The van der Waals surface area contributed by atoms with Gasteiger partial charge in [0.05, 0.1) is 0 Å². The van der Waals surface area contributed by atoms with Crippen molar-refractivity contribution < 1.29 is 0 Å². The fourth-order valence-electron chi connectivity index (χ4n) is 2.12. The third-order valence-electron chi connectivity index (χ3n) is 3.07. The Kier molecular flexibility index (Phi) is 6.23. The Bertz CT molecular complexity index is 207. The smallest absolute Gasteiger partial charge is 0.205 e. The SMILES string of the molecule is CC(C)CN=C(NN)NCCC1CCCC1. The molecule has 0 aliphatic heterocycles. The second-order valence-corrected chi connectivity index (χ2v) is 5.09. The van der Waals surface area contributed by atoms with Crippen LogP contribution < -0.4 is 16.6 Å². The van der Waals surface area contributed by atoms with Gasteiger partial charge in [-0.2, -0.15) is 0 Å². The summed E-state index contributed by atoms with van der Waals surface area (Å²) in [4.78, 5) is 4.38. The third kappa shape index (κ3) is 5.35. The molecule has 4 nitrogen and oxygen atoms in total. The van der Waals surface area contributed by atoms with Gasteiger partial charge in [0.15, 0.2) is 0 Å². The molecule has 1 aliphatic rings. The average Bonchev–Trinajstić information content (AvgIpc) is 2.75. The van der Waals surface area contributed by atoms with Crippen LogP contribution in [0.1, 0.15) is 46.0 Å². The molecular formula is C12H26N4. The van der Waals surface area contributed by atoms with Gasteiger partial charge in [-0.15, -0.1) is 0 Å². The first-order valence-corrected chi connectivity index (χ1v) is 6.47. The molecule has 0 spiro atoms. The highest BCUT2D eigenvalue weighted by Gasteiger charge is 2.14. The fourth-order valence-corrected chi connectivity index (χ4v) is 2.12. The van der Waals surface area contributed by atoms with E-state index in [0.717, 1.165) is 25.0 Å². The molecule has 1 saturated carbocycles. The molecule has 0 aromatic carbocycles. The van der Waals surface area contributed by atoms with E-state index in [9.17, 15) is 0 Å². The Morgan fingerprint density at radius 2 is 2.06 bits per heavy atom. The van der Waals surface area contributed by atoms with Crippen molar-refractivity contribution in [3.8, 4) is 0 Å². The normalized spacial score (nSPS) is 18.1. The van der Waals surface area contributed by atoms with Crippen LogP contribution in [0, 0.1) is 11.8 Å². The minimum atomic E-state index is 0.569. The van der Waals surface area contributed by atoms with Crippen molar-refractivity contribution in [3.05, 3.63) is 0 Å². The van der Waals surface area contributed by atoms with Crippen molar-refractivity contribution in [2.45, 2.75) is 46.0 Å². The summed E-state index contributed by atoms with van der Waals surface area (Å²) < 4.78 is 0. The summed E-state index contributed by atoms with van der Waals surface area (Å²) in [5.74, 6) is 7.62. The van der Waals surface area contributed by atoms with E-state index in [1.54, 1.807) is 0 Å². The van der Waals surface area contributed by atoms with Crippen LogP contribution in [-0.2, 0) is 0 Å². The minimum Gasteiger partial charge on any atom is -0.355 e. The number of nitrogens with zero attached hydrogens (tertiary/aromatic N) is 1. The molecule has 16 heavy (non-hydrogen) atoms. The maximum Gasteiger partial charge on any atom is 0.205 e. The van der Waals surface area contributed by atoms with Gasteiger partial charge in [-0.1, -0.05) is 39.5 Å². The summed E-state index contributed by atoms with van der Waals surface area (Å²) in [6, 6.07) is 0. The molecule has 1 aliphatic carbocycles. The maximum atomic E-state index is 5.41. The van der Waals surface area contributed by atoms with E-state index >= 15 is 0 Å². The Morgan fingerprint density at radius 1 is 1.38 bits per heavy atom. The summed E-state index contributed by atoms with van der Waals surface area (Å²) in [7, 11) is 0. The van der Waals surface area contributed by atoms with Crippen LogP contribution in [0.3, 0.4) is 0 Å². The zero-order valence-electron chi connectivity index (χ0n) is 10.6. The average molecular weight is 226 g/mol. The lowest BCUT2D eigenvalue weighted by Gasteiger charge is -2.12. The number of hydrazine groups is 1. The zero-order valence-corrected chi connectivity index (χ0v) is 10.6. The van der Waals surface area contributed by atoms with Crippen LogP contribution >= 0.6 is 0 Å². The number of nitrogens with one attached hydrogen (secondary N) is 2. The van der Waals surface area contributed by atoms with Crippen molar-refractivity contribution in [2.24, 2.45) is 22.7 Å². The van der Waals surface area contributed by atoms with Gasteiger partial charge >= 0.3 is 0 Å². The lowest BCUT2D eigenvalue weighted by Crippen LogP contribution is -2.42. The van der Waals surface area contributed by atoms with Crippen LogP contribution in [0.4, 0.5) is 0 Å². The van der Waals surface area contributed by atoms with Gasteiger partial charge in [0.25, 0.3) is 0 Å². The molecule has 0 atom stereocenters. The molecule has 0 saturated heterocycles. The van der Waals surface area contributed by atoms with Gasteiger partial charge < -0.3 is 5.32 Å². The van der Waals surface area contributed by atoms with Crippen LogP contribution in [0.15, 0.2) is 4.99 Å². The van der Waals surface area contributed by atoms with Crippen molar-refractivity contribution in [2.75, 3.05) is 13.1 Å². The molecule has 0 radical (unpaired) electrons. The van der Waals surface area contributed by atoms with Crippen molar-refractivity contribution >= 4 is 5.96 Å². The first-order valence-electron chi connectivity index (χ1n) is 6.47. The summed E-state index contributed by atoms with van der Waals surface area (Å²) in [6.45, 7) is 6.09. The van der Waals surface area contributed by atoms with Crippen LogP contribution in [-0.4, -0.2) is 19.0 Å². The highest BCUT2D eigenvalue weighted by Crippen LogP contribution is 2.26. The quantitative estimate of drug-likeness (QED) is 0.289. The molecule has 0 aromatic rings. The van der Waals surface area contributed by atoms with Crippen molar-refractivity contribution in [1.82, 2.24) is 10.7 Å². The predicted molar refractivity (Wildman–Crippen MR) is 69.0 cm³/mol. The Hall–Kier alpha value is -0.770. The lowest BCUT2D eigenvalue weighted by atomic mass is 10.0. The number of hydrogen-bond acceptors (Lipinski definition) is 2. The van der Waals surface area contributed by atoms with Gasteiger partial charge in [0.1, 0.15) is 0 Å². The van der Waals surface area contributed by atoms with E-state index < -0.39 is 0 Å². The van der Waals surface area contributed by atoms with Crippen LogP contribution in [0.25, 0.3) is 0 Å². The van der Waals surface area contributed by atoms with E-state index in [0.29, 0.717) is 5.92 Å². The molecule has 0 aromatic heterocycles. The summed E-state index contributed by atoms with van der Waals surface area (Å²) in [5, 5.41) is 3.27. The Morgan fingerprint density at radius 3 is 2.62 bits per heavy atom. The van der Waals surface area contributed by atoms with Gasteiger partial charge in [-0.3, -0.25) is 10.4 Å². The maximum absolute atomic E-state index is 5.41. The Balaban J connectivity index is 2.14. The molecule has 0 unspecified atom stereocenters. The number of hydrogen-bond donors (Lipinski definition) is 3. The van der Waals surface area contributed by atoms with Crippen LogP contribution in [0.2, 0.25) is 0 Å². The van der Waals surface area contributed by atoms with E-state index in [1.165, 1.54) is 32.1 Å². The first kappa shape index (κ1) is 13.3. The predicted octanol–water partition coefficient (Wildman–Crippen LogP) is 1.63. The van der Waals surface area contributed by atoms with Crippen LogP contribution in [0.5, 0.6) is 0 Å². The Labute approximate surface area is 99.1 Å². The van der Waals surface area contributed by atoms with Crippen molar-refractivity contribution in [3.63, 3.8) is 0 Å². The third-order valence-corrected chi connectivity index (χ3v) is 3.07. The van der Waals surface area contributed by atoms with E-state index in [2.05, 4.69) is 29.6 Å². The zero-order chi connectivity index (χ0) is 11.8. The molecular weight excluding hydrogens is 200 g/mol. The van der Waals surface area contributed by atoms with E-state index in [1.807, 2.05) is 0 Å². The molecule has 1 rings (SSSR count). The van der Waals surface area contributed by atoms with Gasteiger partial charge in [-0.25, -0.2) is 5.84 Å². The number of rotatable bonds is 5. The number of nitrogens with two attached hydrogens (primary N) is 1. The molecule has 1 fully saturated rings. The van der Waals surface area contributed by atoms with Gasteiger partial charge in [-0.05, 0) is 18.3 Å². The molecule has 0 heterocycles. The minimum absolute atomic E-state index is 0.569. The topological polar surface area (TPSA) is 62.4 Å².